The largest absolute Gasteiger partial charge is 0.440 e. The molecule has 0 spiro atoms. The van der Waals surface area contributed by atoms with Crippen molar-refractivity contribution >= 4 is 44.5 Å². The van der Waals surface area contributed by atoms with Crippen LogP contribution in [-0.2, 0) is 11.4 Å². The number of nitrogens with one attached hydrogen (secondary N) is 1. The second-order valence-corrected chi connectivity index (χ2v) is 9.58. The first-order valence-electron chi connectivity index (χ1n) is 11.1. The molecule has 1 amide bonds. The lowest BCUT2D eigenvalue weighted by Crippen LogP contribution is -2.40. The van der Waals surface area contributed by atoms with Crippen LogP contribution in [-0.4, -0.2) is 26.1 Å². The Labute approximate surface area is 219 Å². The number of nitrogens with zero attached hydrogens (tertiary/aromatic N) is 3. The van der Waals surface area contributed by atoms with Gasteiger partial charge in [0, 0.05) is 43.9 Å². The molecular weight excluding hydrogens is 544 g/mol. The van der Waals surface area contributed by atoms with Gasteiger partial charge in [0.25, 0.3) is 0 Å². The molecule has 2 aromatic heterocycles. The van der Waals surface area contributed by atoms with Gasteiger partial charge in [-0.15, -0.1) is 0 Å². The number of hydroxylamine groups is 2. The molecule has 0 bridgehead atoms. The Balaban J connectivity index is 1.41. The van der Waals surface area contributed by atoms with Crippen LogP contribution >= 0.6 is 27.5 Å². The summed E-state index contributed by atoms with van der Waals surface area (Å²) < 4.78 is 6.59. The molecule has 3 heterocycles. The van der Waals surface area contributed by atoms with Gasteiger partial charge in [-0.1, -0.05) is 51.8 Å². The highest BCUT2D eigenvalue weighted by molar-refractivity contribution is 9.10. The minimum absolute atomic E-state index is 0.216. The third-order valence-electron chi connectivity index (χ3n) is 6.01. The minimum atomic E-state index is -0.636. The first kappa shape index (κ1) is 22.7. The van der Waals surface area contributed by atoms with Gasteiger partial charge < -0.3 is 9.72 Å². The summed E-state index contributed by atoms with van der Waals surface area (Å²) in [6.45, 7) is 0.216. The molecule has 1 atom stereocenters. The molecule has 5 aromatic rings. The van der Waals surface area contributed by atoms with Crippen LogP contribution in [0.3, 0.4) is 0 Å². The number of fused-ring (bicyclic) bond motifs is 3. The highest BCUT2D eigenvalue weighted by Gasteiger charge is 2.37. The van der Waals surface area contributed by atoms with Gasteiger partial charge in [-0.05, 0) is 54.1 Å². The van der Waals surface area contributed by atoms with Gasteiger partial charge >= 0.3 is 6.09 Å². The van der Waals surface area contributed by atoms with E-state index in [1.807, 2.05) is 42.5 Å². The number of hydrogen-bond acceptors (Lipinski definition) is 5. The molecule has 0 saturated carbocycles. The zero-order valence-electron chi connectivity index (χ0n) is 18.7. The molecule has 1 aliphatic rings. The highest BCUT2D eigenvalue weighted by Crippen LogP contribution is 2.40. The van der Waals surface area contributed by atoms with E-state index in [-0.39, 0.29) is 6.61 Å². The summed E-state index contributed by atoms with van der Waals surface area (Å²) in [6, 6.07) is 21.6. The Morgan fingerprint density at radius 3 is 2.56 bits per heavy atom. The van der Waals surface area contributed by atoms with Gasteiger partial charge in [-0.25, -0.2) is 14.8 Å². The molecule has 0 radical (unpaired) electrons. The number of halogens is 2. The van der Waals surface area contributed by atoms with Crippen LogP contribution in [0.1, 0.15) is 22.9 Å². The van der Waals surface area contributed by atoms with Gasteiger partial charge in [-0.2, -0.15) is 5.06 Å². The summed E-state index contributed by atoms with van der Waals surface area (Å²) >= 11 is 9.52. The number of ether oxygens (including phenoxy) is 1. The van der Waals surface area contributed by atoms with E-state index >= 15 is 0 Å². The summed E-state index contributed by atoms with van der Waals surface area (Å²) in [5, 5.41) is 2.86. The van der Waals surface area contributed by atoms with Gasteiger partial charge in [0.2, 0.25) is 0 Å². The number of carbonyl (C=O) groups excluding carboxylic acids is 1. The SMILES string of the molecule is O=C(Oc1ccc(Cl)cc1)N1OCc2c([nH]c3ccc(Br)cc23)C1c1ccc(-c2ncccn2)cc1. The van der Waals surface area contributed by atoms with Crippen LogP contribution < -0.4 is 4.74 Å². The predicted octanol–water partition coefficient (Wildman–Crippen LogP) is 7.08. The summed E-state index contributed by atoms with van der Waals surface area (Å²) in [6.07, 6.45) is 2.77. The molecule has 1 N–H and O–H groups in total. The van der Waals surface area contributed by atoms with Crippen molar-refractivity contribution in [2.75, 3.05) is 0 Å². The Morgan fingerprint density at radius 2 is 1.81 bits per heavy atom. The fraction of sp³-hybridized carbons (Fsp3) is 0.0741. The van der Waals surface area contributed by atoms with Gasteiger partial charge in [0.1, 0.15) is 18.4 Å². The van der Waals surface area contributed by atoms with Gasteiger partial charge in [-0.3, -0.25) is 4.84 Å². The average molecular weight is 562 g/mol. The predicted molar refractivity (Wildman–Crippen MR) is 139 cm³/mol. The van der Waals surface area contributed by atoms with E-state index in [4.69, 9.17) is 21.2 Å². The van der Waals surface area contributed by atoms with Crippen LogP contribution in [0, 0.1) is 0 Å². The van der Waals surface area contributed by atoms with Crippen molar-refractivity contribution in [2.24, 2.45) is 0 Å². The third kappa shape index (κ3) is 4.24. The molecule has 0 saturated heterocycles. The lowest BCUT2D eigenvalue weighted by Gasteiger charge is -2.34. The molecule has 3 aromatic carbocycles. The normalized spacial score (nSPS) is 15.1. The van der Waals surface area contributed by atoms with E-state index < -0.39 is 12.1 Å². The van der Waals surface area contributed by atoms with Gasteiger partial charge in [0.15, 0.2) is 5.82 Å². The molecule has 1 aliphatic heterocycles. The summed E-state index contributed by atoms with van der Waals surface area (Å²) in [7, 11) is 0. The first-order chi connectivity index (χ1) is 17.6. The molecule has 9 heteroatoms. The van der Waals surface area contributed by atoms with Crippen molar-refractivity contribution in [2.45, 2.75) is 12.6 Å². The maximum Gasteiger partial charge on any atom is 0.440 e. The number of hydrogen-bond donors (Lipinski definition) is 1. The number of H-pyrrole nitrogens is 1. The number of carbonyl (C=O) groups is 1. The molecule has 7 nitrogen and oxygen atoms in total. The molecule has 0 aliphatic carbocycles. The number of amides is 1. The van der Waals surface area contributed by atoms with Crippen LogP contribution in [0.2, 0.25) is 5.02 Å². The first-order valence-corrected chi connectivity index (χ1v) is 12.3. The summed E-state index contributed by atoms with van der Waals surface area (Å²) in [4.78, 5) is 31.5. The van der Waals surface area contributed by atoms with Crippen LogP contribution in [0.4, 0.5) is 4.79 Å². The fourth-order valence-electron chi connectivity index (χ4n) is 4.33. The highest BCUT2D eigenvalue weighted by atomic mass is 79.9. The Hall–Kier alpha value is -3.72. The number of rotatable bonds is 3. The Bertz CT molecular complexity index is 1560. The number of benzene rings is 3. The maximum atomic E-state index is 13.3. The summed E-state index contributed by atoms with van der Waals surface area (Å²) in [5.41, 5.74) is 4.52. The van der Waals surface area contributed by atoms with E-state index in [2.05, 4.69) is 30.9 Å². The van der Waals surface area contributed by atoms with E-state index in [9.17, 15) is 4.79 Å². The van der Waals surface area contributed by atoms with E-state index in [1.54, 1.807) is 42.7 Å². The maximum absolute atomic E-state index is 13.3. The zero-order chi connectivity index (χ0) is 24.6. The smallest absolute Gasteiger partial charge is 0.409 e. The lowest BCUT2D eigenvalue weighted by atomic mass is 9.97. The molecule has 178 valence electrons. The lowest BCUT2D eigenvalue weighted by molar-refractivity contribution is -0.168. The van der Waals surface area contributed by atoms with Crippen molar-refractivity contribution < 1.29 is 14.4 Å². The van der Waals surface area contributed by atoms with Crippen LogP contribution in [0.5, 0.6) is 5.75 Å². The van der Waals surface area contributed by atoms with E-state index in [0.29, 0.717) is 16.6 Å². The van der Waals surface area contributed by atoms with Crippen molar-refractivity contribution in [1.29, 1.82) is 0 Å². The van der Waals surface area contributed by atoms with Gasteiger partial charge in [0.05, 0.1) is 5.69 Å². The quantitative estimate of drug-likeness (QED) is 0.255. The number of aromatic nitrogens is 3. The zero-order valence-corrected chi connectivity index (χ0v) is 21.0. The molecule has 0 fully saturated rings. The minimum Gasteiger partial charge on any atom is -0.409 e. The topological polar surface area (TPSA) is 80.3 Å². The fourth-order valence-corrected chi connectivity index (χ4v) is 4.81. The second-order valence-electron chi connectivity index (χ2n) is 8.23. The average Bonchev–Trinajstić information content (AvgIpc) is 3.28. The van der Waals surface area contributed by atoms with E-state index in [1.165, 1.54) is 5.06 Å². The molecule has 1 unspecified atom stereocenters. The summed E-state index contributed by atoms with van der Waals surface area (Å²) in [5.74, 6) is 0.994. The Kier molecular flexibility index (Phi) is 5.92. The second kappa shape index (κ2) is 9.39. The molecule has 36 heavy (non-hydrogen) atoms. The third-order valence-corrected chi connectivity index (χ3v) is 6.75. The molecular formula is C27H18BrClN4O3. The van der Waals surface area contributed by atoms with E-state index in [0.717, 1.165) is 37.8 Å². The molecule has 6 rings (SSSR count). The Morgan fingerprint density at radius 1 is 1.06 bits per heavy atom. The number of aromatic amines is 1. The monoisotopic (exact) mass is 560 g/mol. The van der Waals surface area contributed by atoms with Crippen molar-refractivity contribution in [3.05, 3.63) is 112 Å². The van der Waals surface area contributed by atoms with Crippen LogP contribution in [0.15, 0.2) is 89.7 Å². The van der Waals surface area contributed by atoms with Crippen molar-refractivity contribution in [3.63, 3.8) is 0 Å². The van der Waals surface area contributed by atoms with Crippen LogP contribution in [0.25, 0.3) is 22.3 Å². The standard InChI is InChI=1S/C27H18BrClN4O3/c28-18-6-11-23-21(14-18)22-15-35-33(27(34)36-20-9-7-19(29)8-10-20)25(24(22)32-23)16-2-4-17(5-3-16)26-30-12-1-13-31-26/h1-14,25,32H,15H2. The van der Waals surface area contributed by atoms with Crippen molar-refractivity contribution in [1.82, 2.24) is 20.0 Å². The van der Waals surface area contributed by atoms with Crippen molar-refractivity contribution in [3.8, 4) is 17.1 Å².